The van der Waals surface area contributed by atoms with Crippen LogP contribution in [0.3, 0.4) is 0 Å². The van der Waals surface area contributed by atoms with Crippen LogP contribution in [0.25, 0.3) is 0 Å². The zero-order valence-corrected chi connectivity index (χ0v) is 14.7. The molecule has 1 N–H and O–H groups in total. The molecule has 8 nitrogen and oxygen atoms in total. The second-order valence-corrected chi connectivity index (χ2v) is 6.00. The first-order chi connectivity index (χ1) is 10.7. The number of anilines is 1. The predicted octanol–water partition coefficient (Wildman–Crippen LogP) is 1.76. The van der Waals surface area contributed by atoms with Crippen molar-refractivity contribution in [1.82, 2.24) is 4.98 Å². The van der Waals surface area contributed by atoms with Gasteiger partial charge in [0.1, 0.15) is 11.6 Å². The van der Waals surface area contributed by atoms with Gasteiger partial charge in [0.15, 0.2) is 10.8 Å². The molecule has 0 fully saturated rings. The molecule has 1 rings (SSSR count). The molecule has 0 aliphatic heterocycles. The highest BCUT2D eigenvalue weighted by molar-refractivity contribution is 7.14. The molecule has 0 unspecified atom stereocenters. The molecule has 0 bridgehead atoms. The summed E-state index contributed by atoms with van der Waals surface area (Å²) in [5.41, 5.74) is -1.65. The number of amides is 1. The van der Waals surface area contributed by atoms with Crippen LogP contribution in [-0.4, -0.2) is 46.4 Å². The third-order valence-corrected chi connectivity index (χ3v) is 3.52. The van der Waals surface area contributed by atoms with Gasteiger partial charge in [0.25, 0.3) is 5.24 Å². The van der Waals surface area contributed by atoms with Crippen molar-refractivity contribution in [1.29, 1.82) is 0 Å². The van der Waals surface area contributed by atoms with Gasteiger partial charge >= 0.3 is 5.97 Å². The normalized spacial score (nSPS) is 11.8. The fourth-order valence-electron chi connectivity index (χ4n) is 1.22. The predicted molar refractivity (Wildman–Crippen MR) is 86.0 cm³/mol. The van der Waals surface area contributed by atoms with Crippen LogP contribution in [-0.2, 0) is 24.0 Å². The first-order valence-corrected chi connectivity index (χ1v) is 7.86. The van der Waals surface area contributed by atoms with Crippen molar-refractivity contribution in [2.24, 2.45) is 5.16 Å². The number of hydrogen-bond acceptors (Lipinski definition) is 8. The fourth-order valence-corrected chi connectivity index (χ4v) is 2.13. The quantitative estimate of drug-likeness (QED) is 0.253. The lowest BCUT2D eigenvalue weighted by molar-refractivity contribution is -0.165. The van der Waals surface area contributed by atoms with Crippen LogP contribution in [0.5, 0.6) is 0 Å². The smallest absolute Gasteiger partial charge is 0.352 e. The Morgan fingerprint density at radius 2 is 2.09 bits per heavy atom. The van der Waals surface area contributed by atoms with Crippen molar-refractivity contribution in [2.75, 3.05) is 18.3 Å². The van der Waals surface area contributed by atoms with Crippen LogP contribution in [0.4, 0.5) is 5.13 Å². The van der Waals surface area contributed by atoms with Gasteiger partial charge in [-0.05, 0) is 25.4 Å². The molecular formula is C12H13Cl2N3O5S. The molecule has 0 aliphatic rings. The summed E-state index contributed by atoms with van der Waals surface area (Å²) < 4.78 is 4.55. The first-order valence-electron chi connectivity index (χ1n) is 6.07. The van der Waals surface area contributed by atoms with E-state index in [0.29, 0.717) is 0 Å². The molecule has 0 saturated carbocycles. The van der Waals surface area contributed by atoms with E-state index in [1.165, 1.54) is 26.3 Å². The van der Waals surface area contributed by atoms with Gasteiger partial charge in [0.2, 0.25) is 11.5 Å². The monoisotopic (exact) mass is 381 g/mol. The van der Waals surface area contributed by atoms with E-state index in [9.17, 15) is 14.4 Å². The molecule has 1 heterocycles. The van der Waals surface area contributed by atoms with Crippen molar-refractivity contribution in [3.8, 4) is 0 Å². The highest BCUT2D eigenvalue weighted by atomic mass is 35.5. The highest BCUT2D eigenvalue weighted by Crippen LogP contribution is 2.19. The van der Waals surface area contributed by atoms with Crippen molar-refractivity contribution in [2.45, 2.75) is 19.4 Å². The number of carbonyl (C=O) groups is 3. The van der Waals surface area contributed by atoms with Gasteiger partial charge in [-0.15, -0.1) is 22.9 Å². The summed E-state index contributed by atoms with van der Waals surface area (Å²) in [6.07, 6.45) is 0. The van der Waals surface area contributed by atoms with Crippen molar-refractivity contribution >= 4 is 62.5 Å². The third kappa shape index (κ3) is 5.45. The molecule has 0 radical (unpaired) electrons. The Morgan fingerprint density at radius 3 is 2.61 bits per heavy atom. The van der Waals surface area contributed by atoms with E-state index in [0.717, 1.165) is 11.3 Å². The molecule has 0 aromatic carbocycles. The Morgan fingerprint density at radius 1 is 1.43 bits per heavy atom. The molecule has 1 aromatic rings. The maximum absolute atomic E-state index is 11.5. The van der Waals surface area contributed by atoms with Crippen molar-refractivity contribution in [3.63, 3.8) is 0 Å². The first kappa shape index (κ1) is 19.3. The van der Waals surface area contributed by atoms with Crippen molar-refractivity contribution in [3.05, 3.63) is 11.1 Å². The van der Waals surface area contributed by atoms with Gasteiger partial charge in [-0.25, -0.2) is 9.78 Å². The van der Waals surface area contributed by atoms with E-state index in [2.05, 4.69) is 20.2 Å². The standard InChI is InChI=1S/C12H13Cl2N3O5S/c1-12(2,10(20)21-3)22-17-8(9(14)19)6-5-23-11(15-6)16-7(18)4-13/h5H,4H2,1-3H3,(H,15,16,18). The zero-order valence-electron chi connectivity index (χ0n) is 12.4. The molecule has 0 aliphatic carbocycles. The summed E-state index contributed by atoms with van der Waals surface area (Å²) in [5, 5.41) is 6.72. The number of oxime groups is 1. The number of hydrogen-bond donors (Lipinski definition) is 1. The summed E-state index contributed by atoms with van der Waals surface area (Å²) in [7, 11) is 1.19. The van der Waals surface area contributed by atoms with Crippen LogP contribution < -0.4 is 5.32 Å². The van der Waals surface area contributed by atoms with E-state index in [-0.39, 0.29) is 22.4 Å². The van der Waals surface area contributed by atoms with Gasteiger partial charge in [-0.3, -0.25) is 9.59 Å². The maximum atomic E-state index is 11.5. The van der Waals surface area contributed by atoms with Crippen LogP contribution in [0.15, 0.2) is 10.5 Å². The SMILES string of the molecule is COC(=O)C(C)(C)ON=C(C(=O)Cl)c1csc(NC(=O)CCl)n1. The second-order valence-electron chi connectivity index (χ2n) is 4.53. The molecule has 1 amide bonds. The van der Waals surface area contributed by atoms with Gasteiger partial charge in [0.05, 0.1) is 7.11 Å². The topological polar surface area (TPSA) is 107 Å². The van der Waals surface area contributed by atoms with Gasteiger partial charge in [-0.1, -0.05) is 5.16 Å². The van der Waals surface area contributed by atoms with E-state index in [1.807, 2.05) is 0 Å². The van der Waals surface area contributed by atoms with Gasteiger partial charge < -0.3 is 14.9 Å². The summed E-state index contributed by atoms with van der Waals surface area (Å²) in [6, 6.07) is 0. The largest absolute Gasteiger partial charge is 0.466 e. The Bertz CT molecular complexity index is 644. The average Bonchev–Trinajstić information content (AvgIpc) is 2.93. The number of esters is 1. The molecule has 1 aromatic heterocycles. The van der Waals surface area contributed by atoms with E-state index >= 15 is 0 Å². The number of ether oxygens (including phenoxy) is 1. The summed E-state index contributed by atoms with van der Waals surface area (Å²) in [4.78, 5) is 43.2. The van der Waals surface area contributed by atoms with Crippen LogP contribution in [0.2, 0.25) is 0 Å². The van der Waals surface area contributed by atoms with E-state index < -0.39 is 22.7 Å². The van der Waals surface area contributed by atoms with Gasteiger partial charge in [0, 0.05) is 5.38 Å². The molecule has 11 heteroatoms. The maximum Gasteiger partial charge on any atom is 0.352 e. The minimum absolute atomic E-state index is 0.0838. The molecule has 126 valence electrons. The molecular weight excluding hydrogens is 369 g/mol. The second kappa shape index (κ2) is 8.23. The number of nitrogens with one attached hydrogen (secondary N) is 1. The zero-order chi connectivity index (χ0) is 17.6. The van der Waals surface area contributed by atoms with E-state index in [1.54, 1.807) is 0 Å². The minimum atomic E-state index is -1.42. The number of thiazole rings is 1. The average molecular weight is 382 g/mol. The third-order valence-electron chi connectivity index (χ3n) is 2.34. The lowest BCUT2D eigenvalue weighted by Gasteiger charge is -2.18. The lowest BCUT2D eigenvalue weighted by atomic mass is 10.1. The van der Waals surface area contributed by atoms with Crippen LogP contribution in [0.1, 0.15) is 19.5 Å². The molecule has 0 saturated heterocycles. The molecule has 0 spiro atoms. The number of alkyl halides is 1. The van der Waals surface area contributed by atoms with Crippen molar-refractivity contribution < 1.29 is 24.0 Å². The molecule has 23 heavy (non-hydrogen) atoms. The molecule has 0 atom stereocenters. The number of halogens is 2. The Kier molecular flexibility index (Phi) is 6.92. The van der Waals surface area contributed by atoms with Crippen LogP contribution >= 0.6 is 34.5 Å². The summed E-state index contributed by atoms with van der Waals surface area (Å²) in [6.45, 7) is 2.82. The number of carbonyl (C=O) groups excluding carboxylic acids is 3. The number of nitrogens with zero attached hydrogens (tertiary/aromatic N) is 2. The highest BCUT2D eigenvalue weighted by Gasteiger charge is 2.32. The lowest BCUT2D eigenvalue weighted by Crippen LogP contribution is -2.35. The van der Waals surface area contributed by atoms with Gasteiger partial charge in [-0.2, -0.15) is 0 Å². The number of methoxy groups -OCH3 is 1. The minimum Gasteiger partial charge on any atom is -0.466 e. The summed E-state index contributed by atoms with van der Waals surface area (Å²) in [5.74, 6) is -1.37. The van der Waals surface area contributed by atoms with Crippen LogP contribution in [0, 0.1) is 0 Å². The van der Waals surface area contributed by atoms with E-state index in [4.69, 9.17) is 28.0 Å². The fraction of sp³-hybridized carbons (Fsp3) is 0.417. The summed E-state index contributed by atoms with van der Waals surface area (Å²) >= 11 is 11.9. The Balaban J connectivity index is 2.99. The number of rotatable bonds is 7. The number of aromatic nitrogens is 1. The Hall–Kier alpha value is -1.71. The Labute approximate surface area is 145 Å².